The molecule has 0 aromatic rings. The van der Waals surface area contributed by atoms with Crippen LogP contribution in [0.5, 0.6) is 0 Å². The quantitative estimate of drug-likeness (QED) is 0.410. The molecule has 0 radical (unpaired) electrons. The first-order chi connectivity index (χ1) is 4.91. The fraction of sp³-hybridized carbons (Fsp3) is 0.400. The monoisotopic (exact) mass is 136 g/mol. The Hall–Kier alpha value is -0.780. The van der Waals surface area contributed by atoms with Crippen LogP contribution in [-0.4, -0.2) is 0 Å². The van der Waals surface area contributed by atoms with Crippen LogP contribution in [0.2, 0.25) is 0 Å². The highest BCUT2D eigenvalue weighted by molar-refractivity contribution is 5.03. The molecule has 0 aromatic carbocycles. The van der Waals surface area contributed by atoms with Crippen LogP contribution in [0.1, 0.15) is 26.7 Å². The third-order valence-corrected chi connectivity index (χ3v) is 1.11. The number of allylic oxidation sites excluding steroid dienone is 6. The Bertz CT molecular complexity index is 127. The molecule has 0 fully saturated rings. The van der Waals surface area contributed by atoms with Gasteiger partial charge in [-0.15, -0.1) is 0 Å². The van der Waals surface area contributed by atoms with Crippen LogP contribution in [0.4, 0.5) is 0 Å². The number of rotatable bonds is 4. The van der Waals surface area contributed by atoms with E-state index in [0.29, 0.717) is 0 Å². The number of hydrogen-bond donors (Lipinski definition) is 0. The minimum atomic E-state index is 1.05. The lowest BCUT2D eigenvalue weighted by Gasteiger charge is -1.78. The lowest BCUT2D eigenvalue weighted by atomic mass is 10.3. The lowest BCUT2D eigenvalue weighted by Crippen LogP contribution is -1.57. The molecular formula is C10H16. The summed E-state index contributed by atoms with van der Waals surface area (Å²) in [6, 6.07) is 0. The Morgan fingerprint density at radius 3 is 2.40 bits per heavy atom. The fourth-order valence-corrected chi connectivity index (χ4v) is 0.610. The SMILES string of the molecule is C/C=C/C=C/C/C=C\CC. The van der Waals surface area contributed by atoms with Crippen molar-refractivity contribution in [2.24, 2.45) is 0 Å². The predicted octanol–water partition coefficient (Wildman–Crippen LogP) is 3.48. The Labute approximate surface area is 64.0 Å². The fourth-order valence-electron chi connectivity index (χ4n) is 0.610. The van der Waals surface area contributed by atoms with E-state index in [1.165, 1.54) is 0 Å². The van der Waals surface area contributed by atoms with Crippen molar-refractivity contribution >= 4 is 0 Å². The van der Waals surface area contributed by atoms with E-state index in [1.54, 1.807) is 0 Å². The molecule has 0 atom stereocenters. The Morgan fingerprint density at radius 1 is 1.00 bits per heavy atom. The normalized spacial score (nSPS) is 12.6. The maximum Gasteiger partial charge on any atom is -0.0166 e. The van der Waals surface area contributed by atoms with E-state index < -0.39 is 0 Å². The molecule has 0 aliphatic heterocycles. The van der Waals surface area contributed by atoms with Gasteiger partial charge in [-0.2, -0.15) is 0 Å². The summed E-state index contributed by atoms with van der Waals surface area (Å²) >= 11 is 0. The first-order valence-electron chi connectivity index (χ1n) is 3.84. The molecule has 0 heterocycles. The summed E-state index contributed by atoms with van der Waals surface area (Å²) in [6.07, 6.45) is 14.8. The molecule has 0 aromatic heterocycles. The van der Waals surface area contributed by atoms with Crippen LogP contribution in [0, 0.1) is 0 Å². The Balaban J connectivity index is 3.26. The summed E-state index contributed by atoms with van der Waals surface area (Å²) in [6.45, 7) is 4.17. The van der Waals surface area contributed by atoms with Crippen molar-refractivity contribution < 1.29 is 0 Å². The Kier molecular flexibility index (Phi) is 7.58. The topological polar surface area (TPSA) is 0 Å². The summed E-state index contributed by atoms with van der Waals surface area (Å²) in [7, 11) is 0. The number of hydrogen-bond acceptors (Lipinski definition) is 0. The van der Waals surface area contributed by atoms with Gasteiger partial charge < -0.3 is 0 Å². The largest absolute Gasteiger partial charge is 0.0885 e. The Morgan fingerprint density at radius 2 is 1.80 bits per heavy atom. The molecule has 0 unspecified atom stereocenters. The summed E-state index contributed by atoms with van der Waals surface area (Å²) in [4.78, 5) is 0. The van der Waals surface area contributed by atoms with Crippen molar-refractivity contribution in [3.63, 3.8) is 0 Å². The van der Waals surface area contributed by atoms with Gasteiger partial charge in [-0.3, -0.25) is 0 Å². The standard InChI is InChI=1S/C10H16/c1-3-5-7-9-10-8-6-4-2/h3,5-9H,4,10H2,1-2H3/b5-3+,8-6-,9-7+. The van der Waals surface area contributed by atoms with Crippen molar-refractivity contribution in [3.8, 4) is 0 Å². The first kappa shape index (κ1) is 9.22. The van der Waals surface area contributed by atoms with Gasteiger partial charge in [0.1, 0.15) is 0 Å². The van der Waals surface area contributed by atoms with Gasteiger partial charge in [0.25, 0.3) is 0 Å². The van der Waals surface area contributed by atoms with Crippen molar-refractivity contribution in [2.45, 2.75) is 26.7 Å². The van der Waals surface area contributed by atoms with Crippen LogP contribution in [0.25, 0.3) is 0 Å². The van der Waals surface area contributed by atoms with Crippen LogP contribution in [0.15, 0.2) is 36.5 Å². The zero-order valence-electron chi connectivity index (χ0n) is 6.88. The van der Waals surface area contributed by atoms with E-state index in [9.17, 15) is 0 Å². The summed E-state index contributed by atoms with van der Waals surface area (Å²) in [5.41, 5.74) is 0. The highest BCUT2D eigenvalue weighted by atomic mass is 13.7. The third kappa shape index (κ3) is 7.22. The van der Waals surface area contributed by atoms with Gasteiger partial charge in [-0.25, -0.2) is 0 Å². The summed E-state index contributed by atoms with van der Waals surface area (Å²) in [5, 5.41) is 0. The van der Waals surface area contributed by atoms with E-state index in [-0.39, 0.29) is 0 Å². The molecule has 0 N–H and O–H groups in total. The van der Waals surface area contributed by atoms with Crippen molar-refractivity contribution in [3.05, 3.63) is 36.5 Å². The van der Waals surface area contributed by atoms with Crippen LogP contribution < -0.4 is 0 Å². The molecule has 56 valence electrons. The molecule has 0 nitrogen and oxygen atoms in total. The van der Waals surface area contributed by atoms with Crippen LogP contribution >= 0.6 is 0 Å². The third-order valence-electron chi connectivity index (χ3n) is 1.11. The molecule has 0 saturated carbocycles. The summed E-state index contributed by atoms with van der Waals surface area (Å²) < 4.78 is 0. The average Bonchev–Trinajstić information content (AvgIpc) is 1.97. The zero-order chi connectivity index (χ0) is 7.66. The van der Waals surface area contributed by atoms with E-state index in [0.717, 1.165) is 12.8 Å². The van der Waals surface area contributed by atoms with Crippen molar-refractivity contribution in [2.75, 3.05) is 0 Å². The van der Waals surface area contributed by atoms with E-state index in [2.05, 4.69) is 31.2 Å². The molecule has 0 spiro atoms. The second-order valence-corrected chi connectivity index (χ2v) is 2.07. The molecule has 10 heavy (non-hydrogen) atoms. The molecular weight excluding hydrogens is 120 g/mol. The molecule has 0 rings (SSSR count). The average molecular weight is 136 g/mol. The molecule has 0 saturated heterocycles. The van der Waals surface area contributed by atoms with Crippen molar-refractivity contribution in [1.82, 2.24) is 0 Å². The second-order valence-electron chi connectivity index (χ2n) is 2.07. The van der Waals surface area contributed by atoms with Gasteiger partial charge in [0.2, 0.25) is 0 Å². The molecule has 0 aliphatic carbocycles. The van der Waals surface area contributed by atoms with E-state index in [1.807, 2.05) is 19.1 Å². The maximum absolute atomic E-state index is 2.18. The van der Waals surface area contributed by atoms with Gasteiger partial charge >= 0.3 is 0 Å². The van der Waals surface area contributed by atoms with Gasteiger partial charge in [0.05, 0.1) is 0 Å². The van der Waals surface area contributed by atoms with Gasteiger partial charge in [0.15, 0.2) is 0 Å². The molecule has 0 aliphatic rings. The summed E-state index contributed by atoms with van der Waals surface area (Å²) in [5.74, 6) is 0. The van der Waals surface area contributed by atoms with E-state index in [4.69, 9.17) is 0 Å². The van der Waals surface area contributed by atoms with Crippen molar-refractivity contribution in [1.29, 1.82) is 0 Å². The molecule has 0 heteroatoms. The maximum atomic E-state index is 2.18. The minimum absolute atomic E-state index is 1.05. The van der Waals surface area contributed by atoms with Gasteiger partial charge in [-0.05, 0) is 19.8 Å². The molecule has 0 bridgehead atoms. The van der Waals surface area contributed by atoms with E-state index >= 15 is 0 Å². The first-order valence-corrected chi connectivity index (χ1v) is 3.84. The van der Waals surface area contributed by atoms with Gasteiger partial charge in [-0.1, -0.05) is 43.4 Å². The smallest absolute Gasteiger partial charge is 0.0166 e. The zero-order valence-corrected chi connectivity index (χ0v) is 6.88. The second kappa shape index (κ2) is 8.22. The lowest BCUT2D eigenvalue weighted by molar-refractivity contribution is 1.20. The van der Waals surface area contributed by atoms with Gasteiger partial charge in [0, 0.05) is 0 Å². The van der Waals surface area contributed by atoms with Crippen LogP contribution in [0.3, 0.4) is 0 Å². The predicted molar refractivity (Wildman–Crippen MR) is 48.0 cm³/mol. The highest BCUT2D eigenvalue weighted by Gasteiger charge is 1.67. The van der Waals surface area contributed by atoms with Crippen LogP contribution in [-0.2, 0) is 0 Å². The highest BCUT2D eigenvalue weighted by Crippen LogP contribution is 1.88. The minimum Gasteiger partial charge on any atom is -0.0885 e. The molecule has 0 amide bonds.